The number of imidazole rings is 1. The Bertz CT molecular complexity index is 506. The molecule has 0 bridgehead atoms. The van der Waals surface area contributed by atoms with Crippen LogP contribution in [0, 0.1) is 0 Å². The van der Waals surface area contributed by atoms with Crippen molar-refractivity contribution in [3.63, 3.8) is 0 Å². The number of aliphatic hydroxyl groups excluding tert-OH is 1. The van der Waals surface area contributed by atoms with Crippen molar-refractivity contribution >= 4 is 0 Å². The molecular formula is C14H18N2O2. The van der Waals surface area contributed by atoms with E-state index < -0.39 is 6.10 Å². The van der Waals surface area contributed by atoms with E-state index in [0.717, 1.165) is 23.6 Å². The van der Waals surface area contributed by atoms with Crippen molar-refractivity contribution in [3.8, 4) is 5.75 Å². The molecule has 0 radical (unpaired) electrons. The highest BCUT2D eigenvalue weighted by atomic mass is 16.5. The van der Waals surface area contributed by atoms with Gasteiger partial charge < -0.3 is 14.4 Å². The Morgan fingerprint density at radius 3 is 2.83 bits per heavy atom. The van der Waals surface area contributed by atoms with Gasteiger partial charge in [-0.2, -0.15) is 0 Å². The number of aryl methyl sites for hydroxylation is 1. The van der Waals surface area contributed by atoms with Gasteiger partial charge in [-0.1, -0.05) is 18.2 Å². The van der Waals surface area contributed by atoms with E-state index in [9.17, 15) is 5.11 Å². The van der Waals surface area contributed by atoms with E-state index >= 15 is 0 Å². The maximum atomic E-state index is 9.64. The Balaban J connectivity index is 1.96. The fourth-order valence-electron chi connectivity index (χ4n) is 1.85. The molecule has 1 aromatic carbocycles. The second-order valence-electron chi connectivity index (χ2n) is 4.27. The van der Waals surface area contributed by atoms with Crippen molar-refractivity contribution in [1.29, 1.82) is 0 Å². The van der Waals surface area contributed by atoms with Crippen molar-refractivity contribution in [3.05, 3.63) is 48.0 Å². The molecule has 96 valence electrons. The zero-order chi connectivity index (χ0) is 13.0. The van der Waals surface area contributed by atoms with Crippen LogP contribution in [0.4, 0.5) is 0 Å². The maximum Gasteiger partial charge on any atom is 0.125 e. The second kappa shape index (κ2) is 5.69. The molecule has 4 nitrogen and oxygen atoms in total. The number of benzene rings is 1. The Kier molecular flexibility index (Phi) is 3.99. The highest BCUT2D eigenvalue weighted by Crippen LogP contribution is 2.24. The van der Waals surface area contributed by atoms with Gasteiger partial charge in [-0.15, -0.1) is 0 Å². The van der Waals surface area contributed by atoms with Crippen LogP contribution in [0.2, 0.25) is 0 Å². The number of hydrogen-bond acceptors (Lipinski definition) is 3. The van der Waals surface area contributed by atoms with Crippen LogP contribution >= 0.6 is 0 Å². The van der Waals surface area contributed by atoms with Gasteiger partial charge in [0.2, 0.25) is 0 Å². The first kappa shape index (κ1) is 12.6. The van der Waals surface area contributed by atoms with E-state index in [2.05, 4.69) is 4.98 Å². The van der Waals surface area contributed by atoms with Crippen molar-refractivity contribution in [2.45, 2.75) is 19.4 Å². The van der Waals surface area contributed by atoms with Crippen LogP contribution in [0.1, 0.15) is 24.4 Å². The van der Waals surface area contributed by atoms with Crippen LogP contribution in [0.3, 0.4) is 0 Å². The number of aliphatic hydroxyl groups is 1. The Morgan fingerprint density at radius 2 is 2.17 bits per heavy atom. The average Bonchev–Trinajstić information content (AvgIpc) is 2.76. The zero-order valence-corrected chi connectivity index (χ0v) is 10.7. The van der Waals surface area contributed by atoms with Gasteiger partial charge in [-0.05, 0) is 13.0 Å². The van der Waals surface area contributed by atoms with Gasteiger partial charge in [0.1, 0.15) is 11.6 Å². The summed E-state index contributed by atoms with van der Waals surface area (Å²) in [5, 5.41) is 9.64. The van der Waals surface area contributed by atoms with Gasteiger partial charge in [-0.3, -0.25) is 0 Å². The molecule has 2 rings (SSSR count). The van der Waals surface area contributed by atoms with Crippen molar-refractivity contribution < 1.29 is 9.84 Å². The van der Waals surface area contributed by atoms with Gasteiger partial charge in [0, 0.05) is 31.4 Å². The molecule has 1 atom stereocenters. The number of hydrogen-bond donors (Lipinski definition) is 1. The molecule has 0 saturated heterocycles. The predicted octanol–water partition coefficient (Wildman–Crippen LogP) is 2.09. The fraction of sp³-hybridized carbons (Fsp3) is 0.357. The van der Waals surface area contributed by atoms with E-state index in [1.54, 1.807) is 13.1 Å². The normalized spacial score (nSPS) is 12.4. The third-order valence-electron chi connectivity index (χ3n) is 2.87. The number of ether oxygens (including phenoxy) is 1. The van der Waals surface area contributed by atoms with Gasteiger partial charge in [0.25, 0.3) is 0 Å². The Labute approximate surface area is 107 Å². The molecule has 2 aromatic rings. The van der Waals surface area contributed by atoms with Crippen LogP contribution in [-0.4, -0.2) is 21.3 Å². The van der Waals surface area contributed by atoms with Crippen LogP contribution in [0.5, 0.6) is 5.75 Å². The van der Waals surface area contributed by atoms with E-state index in [1.165, 1.54) is 0 Å². The molecule has 0 spiro atoms. The van der Waals surface area contributed by atoms with E-state index in [4.69, 9.17) is 4.74 Å². The standard InChI is InChI=1S/C14H18N2O2/c1-11(17)12-5-3-4-6-13(12)18-10-7-14-15-8-9-16(14)2/h3-6,8-9,11,17H,7,10H2,1-2H3/t11-/m0/s1. The largest absolute Gasteiger partial charge is 0.493 e. The van der Waals surface area contributed by atoms with Gasteiger partial charge in [0.05, 0.1) is 12.7 Å². The molecular weight excluding hydrogens is 228 g/mol. The summed E-state index contributed by atoms with van der Waals surface area (Å²) >= 11 is 0. The van der Waals surface area contributed by atoms with Crippen molar-refractivity contribution in [2.75, 3.05) is 6.61 Å². The molecule has 1 N–H and O–H groups in total. The smallest absolute Gasteiger partial charge is 0.125 e. The van der Waals surface area contributed by atoms with Gasteiger partial charge in [0.15, 0.2) is 0 Å². The molecule has 0 saturated carbocycles. The Hall–Kier alpha value is -1.81. The van der Waals surface area contributed by atoms with Crippen LogP contribution in [0.15, 0.2) is 36.7 Å². The number of aromatic nitrogens is 2. The molecule has 4 heteroatoms. The first-order valence-corrected chi connectivity index (χ1v) is 6.04. The fourth-order valence-corrected chi connectivity index (χ4v) is 1.85. The summed E-state index contributed by atoms with van der Waals surface area (Å²) in [5.74, 6) is 1.73. The molecule has 0 amide bonds. The van der Waals surface area contributed by atoms with Crippen LogP contribution in [-0.2, 0) is 13.5 Å². The lowest BCUT2D eigenvalue weighted by molar-refractivity contribution is 0.191. The third kappa shape index (κ3) is 2.90. The summed E-state index contributed by atoms with van der Waals surface area (Å²) in [7, 11) is 1.96. The molecule has 0 fully saturated rings. The molecule has 18 heavy (non-hydrogen) atoms. The van der Waals surface area contributed by atoms with Crippen LogP contribution in [0.25, 0.3) is 0 Å². The quantitative estimate of drug-likeness (QED) is 0.878. The Morgan fingerprint density at radius 1 is 1.39 bits per heavy atom. The average molecular weight is 246 g/mol. The minimum absolute atomic E-state index is 0.519. The monoisotopic (exact) mass is 246 g/mol. The SMILES string of the molecule is C[C@H](O)c1ccccc1OCCc1nccn1C. The second-order valence-corrected chi connectivity index (χ2v) is 4.27. The summed E-state index contributed by atoms with van der Waals surface area (Å²) < 4.78 is 7.69. The molecule has 0 aliphatic rings. The molecule has 0 aliphatic carbocycles. The number of nitrogens with zero attached hydrogens (tertiary/aromatic N) is 2. The topological polar surface area (TPSA) is 47.3 Å². The van der Waals surface area contributed by atoms with Crippen LogP contribution < -0.4 is 4.74 Å². The highest BCUT2D eigenvalue weighted by molar-refractivity contribution is 5.34. The zero-order valence-electron chi connectivity index (χ0n) is 10.7. The third-order valence-corrected chi connectivity index (χ3v) is 2.87. The first-order chi connectivity index (χ1) is 8.68. The summed E-state index contributed by atoms with van der Waals surface area (Å²) in [6, 6.07) is 7.55. The lowest BCUT2D eigenvalue weighted by Gasteiger charge is -2.13. The summed E-state index contributed by atoms with van der Waals surface area (Å²) in [6.07, 6.45) is 3.92. The minimum atomic E-state index is -0.519. The van der Waals surface area contributed by atoms with E-state index in [1.807, 2.05) is 42.1 Å². The van der Waals surface area contributed by atoms with Gasteiger partial charge >= 0.3 is 0 Å². The molecule has 0 aliphatic heterocycles. The number of rotatable bonds is 5. The van der Waals surface area contributed by atoms with E-state index in [-0.39, 0.29) is 0 Å². The lowest BCUT2D eigenvalue weighted by Crippen LogP contribution is -2.07. The number of para-hydroxylation sites is 1. The summed E-state index contributed by atoms with van der Waals surface area (Å²) in [6.45, 7) is 2.29. The molecule has 0 unspecified atom stereocenters. The van der Waals surface area contributed by atoms with Crippen molar-refractivity contribution in [2.24, 2.45) is 7.05 Å². The summed E-state index contributed by atoms with van der Waals surface area (Å²) in [4.78, 5) is 4.24. The summed E-state index contributed by atoms with van der Waals surface area (Å²) in [5.41, 5.74) is 0.817. The van der Waals surface area contributed by atoms with Crippen molar-refractivity contribution in [1.82, 2.24) is 9.55 Å². The minimum Gasteiger partial charge on any atom is -0.493 e. The first-order valence-electron chi connectivity index (χ1n) is 6.04. The molecule has 1 heterocycles. The highest BCUT2D eigenvalue weighted by Gasteiger charge is 2.08. The van der Waals surface area contributed by atoms with E-state index in [0.29, 0.717) is 6.61 Å². The lowest BCUT2D eigenvalue weighted by atomic mass is 10.1. The van der Waals surface area contributed by atoms with Gasteiger partial charge in [-0.25, -0.2) is 4.98 Å². The molecule has 1 aromatic heterocycles. The predicted molar refractivity (Wildman–Crippen MR) is 69.5 cm³/mol. The maximum absolute atomic E-state index is 9.64.